The summed E-state index contributed by atoms with van der Waals surface area (Å²) >= 11 is 0. The Labute approximate surface area is 202 Å². The molecule has 1 atom stereocenters. The van der Waals surface area contributed by atoms with E-state index in [2.05, 4.69) is 65.1 Å². The Bertz CT molecular complexity index is 466. The average molecular weight is 469 g/mol. The Morgan fingerprint density at radius 1 is 0.781 bits per heavy atom. The van der Waals surface area contributed by atoms with Crippen molar-refractivity contribution >= 4 is 8.32 Å². The molecule has 4 heteroatoms. The number of allylic oxidation sites excluding steroid dienone is 4. The third-order valence-electron chi connectivity index (χ3n) is 6.54. The van der Waals surface area contributed by atoms with Gasteiger partial charge in [-0.1, -0.05) is 96.9 Å². The van der Waals surface area contributed by atoms with Crippen molar-refractivity contribution in [2.24, 2.45) is 0 Å². The number of unbranched alkanes of at least 4 members (excludes halogenated alkanes) is 9. The molecule has 3 nitrogen and oxygen atoms in total. The summed E-state index contributed by atoms with van der Waals surface area (Å²) < 4.78 is 11.7. The van der Waals surface area contributed by atoms with E-state index < -0.39 is 8.32 Å². The predicted molar refractivity (Wildman–Crippen MR) is 144 cm³/mol. The van der Waals surface area contributed by atoms with Crippen LogP contribution in [0.25, 0.3) is 0 Å². The predicted octanol–water partition coefficient (Wildman–Crippen LogP) is 8.59. The highest BCUT2D eigenvalue weighted by Crippen LogP contribution is 2.36. The van der Waals surface area contributed by atoms with E-state index in [1.54, 1.807) is 0 Å². The molecule has 0 aromatic carbocycles. The summed E-state index contributed by atoms with van der Waals surface area (Å²) in [5.74, 6) is 0. The lowest BCUT2D eigenvalue weighted by molar-refractivity contribution is 0.0185. The molecule has 0 saturated carbocycles. The second kappa shape index (κ2) is 20.0. The summed E-state index contributed by atoms with van der Waals surface area (Å²) in [6, 6.07) is 0. The molecule has 0 fully saturated rings. The Hall–Kier alpha value is -0.423. The van der Waals surface area contributed by atoms with E-state index in [4.69, 9.17) is 9.16 Å². The first kappa shape index (κ1) is 31.6. The molecule has 0 amide bonds. The summed E-state index contributed by atoms with van der Waals surface area (Å²) in [4.78, 5) is 0. The van der Waals surface area contributed by atoms with Crippen molar-refractivity contribution < 1.29 is 14.3 Å². The zero-order valence-corrected chi connectivity index (χ0v) is 23.5. The minimum atomic E-state index is -1.69. The molecular weight excluding hydrogens is 412 g/mol. The Kier molecular flexibility index (Phi) is 19.7. The Morgan fingerprint density at radius 2 is 1.34 bits per heavy atom. The summed E-state index contributed by atoms with van der Waals surface area (Å²) in [7, 11) is -1.69. The number of rotatable bonds is 21. The molecule has 0 saturated heterocycles. The van der Waals surface area contributed by atoms with Gasteiger partial charge in [-0.3, -0.25) is 0 Å². The lowest BCUT2D eigenvalue weighted by atomic mass is 10.1. The second-order valence-corrected chi connectivity index (χ2v) is 15.5. The highest BCUT2D eigenvalue weighted by atomic mass is 28.4. The summed E-state index contributed by atoms with van der Waals surface area (Å²) in [6.45, 7) is 15.1. The standard InChI is InChI=1S/C28H56O3Si/c1-7-8-9-10-11-12-13-14-15-16-17-18-19-20-21-22-23-27(29)26-30-24-25-31-32(5,6)28(2,3)4/h11-12,14-15,27,29H,7-10,13,16-26H2,1-6H3. The number of aliphatic hydroxyl groups excluding tert-OH is 1. The summed E-state index contributed by atoms with van der Waals surface area (Å²) in [6.07, 6.45) is 24.8. The van der Waals surface area contributed by atoms with Crippen LogP contribution < -0.4 is 0 Å². The van der Waals surface area contributed by atoms with Crippen LogP contribution in [0.4, 0.5) is 0 Å². The van der Waals surface area contributed by atoms with E-state index in [0.29, 0.717) is 19.8 Å². The van der Waals surface area contributed by atoms with Gasteiger partial charge in [0.1, 0.15) is 0 Å². The maximum Gasteiger partial charge on any atom is 0.192 e. The third kappa shape index (κ3) is 19.1. The average Bonchev–Trinajstić information content (AvgIpc) is 2.72. The minimum Gasteiger partial charge on any atom is -0.414 e. The van der Waals surface area contributed by atoms with Crippen LogP contribution in [-0.4, -0.2) is 39.3 Å². The maximum absolute atomic E-state index is 10.1. The van der Waals surface area contributed by atoms with Gasteiger partial charge in [0, 0.05) is 0 Å². The first-order valence-electron chi connectivity index (χ1n) is 13.4. The minimum absolute atomic E-state index is 0.230. The van der Waals surface area contributed by atoms with Crippen LogP contribution in [0.1, 0.15) is 111 Å². The monoisotopic (exact) mass is 468 g/mol. The third-order valence-corrected chi connectivity index (χ3v) is 11.1. The fourth-order valence-corrected chi connectivity index (χ4v) is 4.27. The normalized spacial score (nSPS) is 14.1. The molecular formula is C28H56O3Si. The lowest BCUT2D eigenvalue weighted by Gasteiger charge is -2.36. The molecule has 0 radical (unpaired) electrons. The number of aliphatic hydroxyl groups is 1. The van der Waals surface area contributed by atoms with Crippen LogP contribution in [0.3, 0.4) is 0 Å². The first-order valence-corrected chi connectivity index (χ1v) is 16.3. The zero-order chi connectivity index (χ0) is 24.1. The van der Waals surface area contributed by atoms with Gasteiger partial charge < -0.3 is 14.3 Å². The van der Waals surface area contributed by atoms with E-state index in [-0.39, 0.29) is 11.1 Å². The molecule has 1 N–H and O–H groups in total. The molecule has 0 heterocycles. The van der Waals surface area contributed by atoms with Crippen molar-refractivity contribution in [3.05, 3.63) is 24.3 Å². The van der Waals surface area contributed by atoms with E-state index in [9.17, 15) is 5.11 Å². The van der Waals surface area contributed by atoms with Crippen LogP contribution in [0.5, 0.6) is 0 Å². The van der Waals surface area contributed by atoms with E-state index >= 15 is 0 Å². The molecule has 0 aromatic heterocycles. The molecule has 1 unspecified atom stereocenters. The van der Waals surface area contributed by atoms with Gasteiger partial charge in [0.15, 0.2) is 8.32 Å². The summed E-state index contributed by atoms with van der Waals surface area (Å²) in [5.41, 5.74) is 0. The zero-order valence-electron chi connectivity index (χ0n) is 22.5. The van der Waals surface area contributed by atoms with Crippen molar-refractivity contribution in [1.29, 1.82) is 0 Å². The molecule has 0 aliphatic rings. The fraction of sp³-hybridized carbons (Fsp3) is 0.857. The Morgan fingerprint density at radius 3 is 1.94 bits per heavy atom. The van der Waals surface area contributed by atoms with Crippen molar-refractivity contribution in [3.8, 4) is 0 Å². The van der Waals surface area contributed by atoms with Gasteiger partial charge >= 0.3 is 0 Å². The number of ether oxygens (including phenoxy) is 1. The molecule has 0 spiro atoms. The Balaban J connectivity index is 3.42. The van der Waals surface area contributed by atoms with Gasteiger partial charge in [-0.2, -0.15) is 0 Å². The second-order valence-electron chi connectivity index (χ2n) is 10.7. The molecule has 0 aliphatic heterocycles. The largest absolute Gasteiger partial charge is 0.414 e. The van der Waals surface area contributed by atoms with E-state index in [0.717, 1.165) is 19.3 Å². The molecule has 0 aliphatic carbocycles. The molecule has 32 heavy (non-hydrogen) atoms. The van der Waals surface area contributed by atoms with Crippen LogP contribution in [-0.2, 0) is 9.16 Å². The van der Waals surface area contributed by atoms with Gasteiger partial charge in [0.05, 0.1) is 25.9 Å². The molecule has 0 aromatic rings. The highest BCUT2D eigenvalue weighted by Gasteiger charge is 2.36. The fourth-order valence-electron chi connectivity index (χ4n) is 3.24. The molecule has 190 valence electrons. The van der Waals surface area contributed by atoms with Crippen LogP contribution in [0.2, 0.25) is 18.1 Å². The van der Waals surface area contributed by atoms with Crippen LogP contribution in [0.15, 0.2) is 24.3 Å². The first-order chi connectivity index (χ1) is 15.2. The summed E-state index contributed by atoms with van der Waals surface area (Å²) in [5, 5.41) is 10.3. The lowest BCUT2D eigenvalue weighted by Crippen LogP contribution is -2.41. The maximum atomic E-state index is 10.1. The van der Waals surface area contributed by atoms with Gasteiger partial charge in [-0.15, -0.1) is 0 Å². The van der Waals surface area contributed by atoms with Crippen molar-refractivity contribution in [2.75, 3.05) is 19.8 Å². The van der Waals surface area contributed by atoms with E-state index in [1.165, 1.54) is 64.2 Å². The van der Waals surface area contributed by atoms with Crippen molar-refractivity contribution in [1.82, 2.24) is 0 Å². The van der Waals surface area contributed by atoms with Gasteiger partial charge in [-0.25, -0.2) is 0 Å². The van der Waals surface area contributed by atoms with Gasteiger partial charge in [0.25, 0.3) is 0 Å². The molecule has 0 rings (SSSR count). The van der Waals surface area contributed by atoms with Gasteiger partial charge in [-0.05, 0) is 56.7 Å². The van der Waals surface area contributed by atoms with Crippen LogP contribution >= 0.6 is 0 Å². The highest BCUT2D eigenvalue weighted by molar-refractivity contribution is 6.74. The smallest absolute Gasteiger partial charge is 0.192 e. The number of hydrogen-bond acceptors (Lipinski definition) is 3. The quantitative estimate of drug-likeness (QED) is 0.104. The van der Waals surface area contributed by atoms with Crippen LogP contribution in [0, 0.1) is 0 Å². The molecule has 0 bridgehead atoms. The van der Waals surface area contributed by atoms with E-state index in [1.807, 2.05) is 0 Å². The SMILES string of the molecule is CCCCCC=CCC=CCCCCCCCCC(O)COCCO[Si](C)(C)C(C)(C)C. The van der Waals surface area contributed by atoms with Gasteiger partial charge in [0.2, 0.25) is 0 Å². The van der Waals surface area contributed by atoms with Crippen molar-refractivity contribution in [2.45, 2.75) is 135 Å². The number of hydrogen-bond donors (Lipinski definition) is 1. The van der Waals surface area contributed by atoms with Crippen molar-refractivity contribution in [3.63, 3.8) is 0 Å². The topological polar surface area (TPSA) is 38.7 Å².